The van der Waals surface area contributed by atoms with Crippen LogP contribution < -0.4 is 0 Å². The predicted octanol–water partition coefficient (Wildman–Crippen LogP) is 2.07. The van der Waals surface area contributed by atoms with Crippen LogP contribution in [0.15, 0.2) is 11.4 Å². The number of carbonyl (C=O) groups is 1. The van der Waals surface area contributed by atoms with E-state index >= 15 is 0 Å². The van der Waals surface area contributed by atoms with E-state index in [0.717, 1.165) is 19.5 Å². The third-order valence-corrected chi connectivity index (χ3v) is 3.95. The maximum Gasteiger partial charge on any atom is 0.232 e. The van der Waals surface area contributed by atoms with E-state index in [1.165, 1.54) is 10.4 Å². The summed E-state index contributed by atoms with van der Waals surface area (Å²) in [6.07, 6.45) is 1.04. The quantitative estimate of drug-likeness (QED) is 0.574. The monoisotopic (exact) mass is 307 g/mol. The smallest absolute Gasteiger partial charge is 0.232 e. The van der Waals surface area contributed by atoms with Crippen molar-refractivity contribution >= 4 is 39.8 Å². The van der Waals surface area contributed by atoms with Crippen molar-refractivity contribution in [2.75, 3.05) is 11.0 Å². The molecule has 1 aromatic rings. The van der Waals surface area contributed by atoms with Crippen LogP contribution in [0, 0.1) is 0 Å². The highest BCUT2D eigenvalue weighted by Gasteiger charge is 2.19. The van der Waals surface area contributed by atoms with Gasteiger partial charge >= 0.3 is 0 Å². The molecule has 1 aromatic heterocycles. The van der Waals surface area contributed by atoms with Crippen LogP contribution in [0.1, 0.15) is 10.4 Å². The third kappa shape index (κ3) is 1.88. The minimum absolute atomic E-state index is 0.262. The zero-order chi connectivity index (χ0) is 9.26. The first-order valence-corrected chi connectivity index (χ1v) is 6.61. The van der Waals surface area contributed by atoms with Crippen LogP contribution in [-0.4, -0.2) is 21.8 Å². The summed E-state index contributed by atoms with van der Waals surface area (Å²) < 4.78 is 0.594. The molecular weight excluding hydrogens is 297 g/mol. The number of halogens is 1. The van der Waals surface area contributed by atoms with Gasteiger partial charge in [-0.05, 0) is 23.4 Å². The van der Waals surface area contributed by atoms with Gasteiger partial charge in [0.2, 0.25) is 5.91 Å². The highest BCUT2D eigenvalue weighted by molar-refractivity contribution is 14.1. The van der Waals surface area contributed by atoms with Crippen molar-refractivity contribution in [3.63, 3.8) is 0 Å². The topological polar surface area (TPSA) is 20.3 Å². The number of carbonyl (C=O) groups excluding carboxylic acids is 1. The Kier molecular flexibility index (Phi) is 2.88. The molecule has 1 aliphatic rings. The largest absolute Gasteiger partial charge is 0.337 e. The number of nitrogens with zero attached hydrogens (tertiary/aromatic N) is 1. The third-order valence-electron chi connectivity index (χ3n) is 2.27. The fourth-order valence-electron chi connectivity index (χ4n) is 1.55. The lowest BCUT2D eigenvalue weighted by Crippen LogP contribution is -2.35. The Hall–Kier alpha value is -0.100. The van der Waals surface area contributed by atoms with Crippen molar-refractivity contribution in [1.82, 2.24) is 4.90 Å². The Labute approximate surface area is 95.1 Å². The molecular formula is C9H10INOS. The molecule has 70 valence electrons. The summed E-state index contributed by atoms with van der Waals surface area (Å²) in [6, 6.07) is 2.13. The first kappa shape index (κ1) is 9.45. The second-order valence-corrected chi connectivity index (χ2v) is 4.83. The standard InChI is InChI=1S/C9H10INOS/c10-5-9(12)11-3-1-8-7(6-11)2-4-13-8/h2,4H,1,3,5-6H2. The van der Waals surface area contributed by atoms with E-state index in [1.54, 1.807) is 11.3 Å². The van der Waals surface area contributed by atoms with Gasteiger partial charge in [-0.15, -0.1) is 11.3 Å². The molecule has 1 amide bonds. The molecule has 1 aliphatic heterocycles. The predicted molar refractivity (Wildman–Crippen MR) is 62.3 cm³/mol. The fraction of sp³-hybridized carbons (Fsp3) is 0.444. The van der Waals surface area contributed by atoms with Gasteiger partial charge < -0.3 is 4.90 Å². The lowest BCUT2D eigenvalue weighted by molar-refractivity contribution is -0.128. The highest BCUT2D eigenvalue weighted by atomic mass is 127. The molecule has 0 saturated heterocycles. The zero-order valence-corrected chi connectivity index (χ0v) is 10.1. The minimum atomic E-state index is 0.262. The van der Waals surface area contributed by atoms with E-state index in [1.807, 2.05) is 4.90 Å². The number of alkyl halides is 1. The van der Waals surface area contributed by atoms with Crippen molar-refractivity contribution in [1.29, 1.82) is 0 Å². The minimum Gasteiger partial charge on any atom is -0.337 e. The summed E-state index contributed by atoms with van der Waals surface area (Å²) in [7, 11) is 0. The van der Waals surface area contributed by atoms with Crippen LogP contribution in [0.2, 0.25) is 0 Å². The molecule has 0 aromatic carbocycles. The van der Waals surface area contributed by atoms with Crippen molar-refractivity contribution in [3.05, 3.63) is 21.9 Å². The van der Waals surface area contributed by atoms with Gasteiger partial charge in [-0.25, -0.2) is 0 Å². The van der Waals surface area contributed by atoms with Crippen LogP contribution in [0.4, 0.5) is 0 Å². The Bertz CT molecular complexity index is 323. The lowest BCUT2D eigenvalue weighted by atomic mass is 10.1. The molecule has 2 heterocycles. The van der Waals surface area contributed by atoms with Crippen LogP contribution in [-0.2, 0) is 17.8 Å². The van der Waals surface area contributed by atoms with Crippen LogP contribution >= 0.6 is 33.9 Å². The first-order valence-electron chi connectivity index (χ1n) is 4.20. The van der Waals surface area contributed by atoms with Gasteiger partial charge in [0, 0.05) is 18.0 Å². The Morgan fingerprint density at radius 1 is 1.69 bits per heavy atom. The summed E-state index contributed by atoms with van der Waals surface area (Å²) >= 11 is 3.93. The van der Waals surface area contributed by atoms with Crippen molar-refractivity contribution in [2.24, 2.45) is 0 Å². The van der Waals surface area contributed by atoms with E-state index in [0.29, 0.717) is 4.43 Å². The van der Waals surface area contributed by atoms with Gasteiger partial charge in [0.25, 0.3) is 0 Å². The second kappa shape index (κ2) is 3.96. The summed E-state index contributed by atoms with van der Waals surface area (Å²) in [6.45, 7) is 1.72. The van der Waals surface area contributed by atoms with Gasteiger partial charge in [-0.1, -0.05) is 22.6 Å². The second-order valence-electron chi connectivity index (χ2n) is 3.07. The Morgan fingerprint density at radius 3 is 3.31 bits per heavy atom. The summed E-state index contributed by atoms with van der Waals surface area (Å²) in [5.74, 6) is 0.262. The first-order chi connectivity index (χ1) is 6.31. The van der Waals surface area contributed by atoms with Gasteiger partial charge in [-0.2, -0.15) is 0 Å². The molecule has 0 unspecified atom stereocenters. The highest BCUT2D eigenvalue weighted by Crippen LogP contribution is 2.23. The van der Waals surface area contributed by atoms with E-state index < -0.39 is 0 Å². The molecule has 0 saturated carbocycles. The van der Waals surface area contributed by atoms with Gasteiger partial charge in [0.15, 0.2) is 0 Å². The molecule has 0 spiro atoms. The molecule has 13 heavy (non-hydrogen) atoms. The molecule has 0 atom stereocenters. The Balaban J connectivity index is 2.13. The number of rotatable bonds is 1. The van der Waals surface area contributed by atoms with E-state index in [9.17, 15) is 4.79 Å². The average molecular weight is 307 g/mol. The number of hydrogen-bond donors (Lipinski definition) is 0. The summed E-state index contributed by atoms with van der Waals surface area (Å²) in [4.78, 5) is 14.8. The van der Waals surface area contributed by atoms with E-state index in [2.05, 4.69) is 34.0 Å². The van der Waals surface area contributed by atoms with Crippen LogP contribution in [0.5, 0.6) is 0 Å². The molecule has 0 fully saturated rings. The van der Waals surface area contributed by atoms with E-state index in [4.69, 9.17) is 0 Å². The normalized spacial score (nSPS) is 15.6. The van der Waals surface area contributed by atoms with Crippen molar-refractivity contribution in [2.45, 2.75) is 13.0 Å². The number of amides is 1. The molecule has 4 heteroatoms. The maximum atomic E-state index is 11.4. The summed E-state index contributed by atoms with van der Waals surface area (Å²) in [5.41, 5.74) is 1.34. The average Bonchev–Trinajstić information content (AvgIpc) is 2.63. The van der Waals surface area contributed by atoms with Gasteiger partial charge in [-0.3, -0.25) is 4.79 Å². The maximum absolute atomic E-state index is 11.4. The lowest BCUT2D eigenvalue weighted by Gasteiger charge is -2.26. The number of hydrogen-bond acceptors (Lipinski definition) is 2. The van der Waals surface area contributed by atoms with Crippen molar-refractivity contribution in [3.8, 4) is 0 Å². The number of thiophene rings is 1. The molecule has 0 aliphatic carbocycles. The van der Waals surface area contributed by atoms with Crippen molar-refractivity contribution < 1.29 is 4.79 Å². The van der Waals surface area contributed by atoms with E-state index in [-0.39, 0.29) is 5.91 Å². The molecule has 2 rings (SSSR count). The molecule has 0 radical (unpaired) electrons. The molecule has 2 nitrogen and oxygen atoms in total. The van der Waals surface area contributed by atoms with Crippen LogP contribution in [0.25, 0.3) is 0 Å². The fourth-order valence-corrected chi connectivity index (χ4v) is 2.92. The number of fused-ring (bicyclic) bond motifs is 1. The molecule has 0 bridgehead atoms. The molecule has 0 N–H and O–H groups in total. The van der Waals surface area contributed by atoms with Gasteiger partial charge in [0.1, 0.15) is 0 Å². The van der Waals surface area contributed by atoms with Gasteiger partial charge in [0.05, 0.1) is 4.43 Å². The summed E-state index contributed by atoms with van der Waals surface area (Å²) in [5, 5.41) is 2.11. The zero-order valence-electron chi connectivity index (χ0n) is 7.12. The SMILES string of the molecule is O=C(CI)N1CCc2sccc2C1. The van der Waals surface area contributed by atoms with Crippen LogP contribution in [0.3, 0.4) is 0 Å². The Morgan fingerprint density at radius 2 is 2.54 bits per heavy atom.